The summed E-state index contributed by atoms with van der Waals surface area (Å²) in [5, 5.41) is 0. The zero-order valence-electron chi connectivity index (χ0n) is 9.46. The van der Waals surface area contributed by atoms with Gasteiger partial charge in [-0.3, -0.25) is 4.57 Å². The molecule has 0 aliphatic rings. The predicted molar refractivity (Wildman–Crippen MR) is 65.4 cm³/mol. The lowest BCUT2D eigenvalue weighted by Crippen LogP contribution is -2.20. The molecule has 0 unspecified atom stereocenters. The number of hydrogen-bond acceptors (Lipinski definition) is 4. The van der Waals surface area contributed by atoms with Gasteiger partial charge in [-0.2, -0.15) is 4.98 Å². The van der Waals surface area contributed by atoms with Crippen molar-refractivity contribution in [3.8, 4) is 11.4 Å². The van der Waals surface area contributed by atoms with Crippen LogP contribution < -0.4 is 16.2 Å². The van der Waals surface area contributed by atoms with Crippen molar-refractivity contribution in [3.05, 3.63) is 47.1 Å². The standard InChI is InChI=1S/C12H13N3O2/c1-2-17-11-5-3-10(4-6-11)15-8-9(13)7-14-12(15)16/h3-8H,2,13H2,1H3. The van der Waals surface area contributed by atoms with Crippen LogP contribution in [0.2, 0.25) is 0 Å². The van der Waals surface area contributed by atoms with Crippen LogP contribution >= 0.6 is 0 Å². The fourth-order valence-electron chi connectivity index (χ4n) is 1.48. The summed E-state index contributed by atoms with van der Waals surface area (Å²) in [7, 11) is 0. The molecule has 0 radical (unpaired) electrons. The second kappa shape index (κ2) is 4.69. The molecule has 1 aromatic heterocycles. The fourth-order valence-corrected chi connectivity index (χ4v) is 1.48. The Balaban J connectivity index is 2.39. The molecule has 0 spiro atoms. The van der Waals surface area contributed by atoms with Crippen molar-refractivity contribution in [2.75, 3.05) is 12.3 Å². The van der Waals surface area contributed by atoms with Crippen LogP contribution in [-0.4, -0.2) is 16.2 Å². The van der Waals surface area contributed by atoms with Crippen molar-refractivity contribution >= 4 is 5.69 Å². The van der Waals surface area contributed by atoms with Crippen LogP contribution in [-0.2, 0) is 0 Å². The van der Waals surface area contributed by atoms with Crippen molar-refractivity contribution in [2.45, 2.75) is 6.92 Å². The third-order valence-corrected chi connectivity index (χ3v) is 2.23. The molecule has 5 nitrogen and oxygen atoms in total. The summed E-state index contributed by atoms with van der Waals surface area (Å²) in [6.07, 6.45) is 2.89. The summed E-state index contributed by atoms with van der Waals surface area (Å²) in [6, 6.07) is 7.17. The fraction of sp³-hybridized carbons (Fsp3) is 0.167. The van der Waals surface area contributed by atoms with E-state index in [4.69, 9.17) is 10.5 Å². The first-order valence-corrected chi connectivity index (χ1v) is 5.28. The number of hydrogen-bond donors (Lipinski definition) is 1. The van der Waals surface area contributed by atoms with Gasteiger partial charge in [0.1, 0.15) is 5.75 Å². The average molecular weight is 231 g/mol. The van der Waals surface area contributed by atoms with Gasteiger partial charge in [0.15, 0.2) is 0 Å². The molecule has 2 rings (SSSR count). The lowest BCUT2D eigenvalue weighted by molar-refractivity contribution is 0.340. The van der Waals surface area contributed by atoms with Crippen LogP contribution in [0, 0.1) is 0 Å². The number of nitrogens with zero attached hydrogens (tertiary/aromatic N) is 2. The smallest absolute Gasteiger partial charge is 0.352 e. The van der Waals surface area contributed by atoms with E-state index >= 15 is 0 Å². The second-order valence-electron chi connectivity index (χ2n) is 3.47. The lowest BCUT2D eigenvalue weighted by Gasteiger charge is -2.07. The minimum Gasteiger partial charge on any atom is -0.494 e. The average Bonchev–Trinajstić information content (AvgIpc) is 2.34. The van der Waals surface area contributed by atoms with E-state index in [1.807, 2.05) is 6.92 Å². The summed E-state index contributed by atoms with van der Waals surface area (Å²) >= 11 is 0. The molecule has 88 valence electrons. The largest absolute Gasteiger partial charge is 0.494 e. The molecule has 2 N–H and O–H groups in total. The number of benzene rings is 1. The van der Waals surface area contributed by atoms with Crippen LogP contribution in [0.5, 0.6) is 5.75 Å². The van der Waals surface area contributed by atoms with Gasteiger partial charge < -0.3 is 10.5 Å². The van der Waals surface area contributed by atoms with Crippen molar-refractivity contribution in [2.24, 2.45) is 0 Å². The maximum atomic E-state index is 11.5. The molecule has 0 amide bonds. The van der Waals surface area contributed by atoms with Gasteiger partial charge in [-0.15, -0.1) is 0 Å². The highest BCUT2D eigenvalue weighted by molar-refractivity contribution is 5.40. The minimum absolute atomic E-state index is 0.358. The molecule has 0 saturated carbocycles. The highest BCUT2D eigenvalue weighted by Crippen LogP contribution is 2.14. The van der Waals surface area contributed by atoms with Crippen molar-refractivity contribution in [1.29, 1.82) is 0 Å². The van der Waals surface area contributed by atoms with E-state index in [9.17, 15) is 4.79 Å². The Morgan fingerprint density at radius 2 is 2.06 bits per heavy atom. The Bertz CT molecular complexity index is 561. The Morgan fingerprint density at radius 1 is 1.35 bits per heavy atom. The number of nitrogen functional groups attached to an aromatic ring is 1. The quantitative estimate of drug-likeness (QED) is 0.862. The molecule has 0 fully saturated rings. The Hall–Kier alpha value is -2.30. The molecule has 2 aromatic rings. The van der Waals surface area contributed by atoms with E-state index in [0.717, 1.165) is 5.75 Å². The summed E-state index contributed by atoms with van der Waals surface area (Å²) in [4.78, 5) is 15.2. The van der Waals surface area contributed by atoms with Crippen molar-refractivity contribution in [1.82, 2.24) is 9.55 Å². The molecule has 0 atom stereocenters. The maximum absolute atomic E-state index is 11.5. The van der Waals surface area contributed by atoms with Gasteiger partial charge in [-0.1, -0.05) is 0 Å². The summed E-state index contributed by atoms with van der Waals surface area (Å²) in [6.45, 7) is 2.53. The first-order chi connectivity index (χ1) is 8.20. The number of rotatable bonds is 3. The summed E-state index contributed by atoms with van der Waals surface area (Å²) in [5.74, 6) is 0.765. The molecule has 0 aliphatic heterocycles. The van der Waals surface area contributed by atoms with E-state index in [-0.39, 0.29) is 5.69 Å². The van der Waals surface area contributed by atoms with Crippen LogP contribution in [0.4, 0.5) is 5.69 Å². The zero-order chi connectivity index (χ0) is 12.3. The number of aromatic nitrogens is 2. The Kier molecular flexibility index (Phi) is 3.09. The third-order valence-electron chi connectivity index (χ3n) is 2.23. The molecule has 0 saturated heterocycles. The van der Waals surface area contributed by atoms with Gasteiger partial charge >= 0.3 is 5.69 Å². The SMILES string of the molecule is CCOc1ccc(-n2cc(N)cnc2=O)cc1. The Labute approximate surface area is 98.5 Å². The predicted octanol–water partition coefficient (Wildman–Crippen LogP) is 1.21. The minimum atomic E-state index is -0.358. The van der Waals surface area contributed by atoms with Crippen molar-refractivity contribution in [3.63, 3.8) is 0 Å². The molecule has 0 aliphatic carbocycles. The van der Waals surface area contributed by atoms with E-state index in [1.54, 1.807) is 30.5 Å². The van der Waals surface area contributed by atoms with Gasteiger partial charge in [0.05, 0.1) is 24.2 Å². The van der Waals surface area contributed by atoms with Crippen LogP contribution in [0.25, 0.3) is 5.69 Å². The van der Waals surface area contributed by atoms with Gasteiger partial charge in [0, 0.05) is 6.20 Å². The van der Waals surface area contributed by atoms with Crippen LogP contribution in [0.15, 0.2) is 41.5 Å². The van der Waals surface area contributed by atoms with Gasteiger partial charge in [-0.05, 0) is 31.2 Å². The van der Waals surface area contributed by atoms with E-state index in [2.05, 4.69) is 4.98 Å². The van der Waals surface area contributed by atoms with E-state index in [0.29, 0.717) is 18.0 Å². The maximum Gasteiger partial charge on any atom is 0.352 e. The lowest BCUT2D eigenvalue weighted by atomic mass is 10.3. The zero-order valence-corrected chi connectivity index (χ0v) is 9.46. The molecular formula is C12H13N3O2. The summed E-state index contributed by atoms with van der Waals surface area (Å²) < 4.78 is 6.72. The second-order valence-corrected chi connectivity index (χ2v) is 3.47. The highest BCUT2D eigenvalue weighted by Gasteiger charge is 2.01. The topological polar surface area (TPSA) is 70.1 Å². The number of nitrogens with two attached hydrogens (primary N) is 1. The van der Waals surface area contributed by atoms with Crippen LogP contribution in [0.1, 0.15) is 6.92 Å². The molecule has 5 heteroatoms. The van der Waals surface area contributed by atoms with Gasteiger partial charge in [0.25, 0.3) is 0 Å². The van der Waals surface area contributed by atoms with E-state index in [1.165, 1.54) is 10.8 Å². The monoisotopic (exact) mass is 231 g/mol. The van der Waals surface area contributed by atoms with Crippen LogP contribution in [0.3, 0.4) is 0 Å². The van der Waals surface area contributed by atoms with Crippen molar-refractivity contribution < 1.29 is 4.74 Å². The Morgan fingerprint density at radius 3 is 2.71 bits per heavy atom. The van der Waals surface area contributed by atoms with E-state index < -0.39 is 0 Å². The molecule has 17 heavy (non-hydrogen) atoms. The number of ether oxygens (including phenoxy) is 1. The number of anilines is 1. The third kappa shape index (κ3) is 2.44. The normalized spacial score (nSPS) is 10.2. The first-order valence-electron chi connectivity index (χ1n) is 5.28. The van der Waals surface area contributed by atoms with Gasteiger partial charge in [-0.25, -0.2) is 4.79 Å². The molecule has 1 heterocycles. The molecule has 1 aromatic carbocycles. The molecular weight excluding hydrogens is 218 g/mol. The molecule has 0 bridgehead atoms. The highest BCUT2D eigenvalue weighted by atomic mass is 16.5. The first kappa shape index (κ1) is 11.2. The van der Waals surface area contributed by atoms with Gasteiger partial charge in [0.2, 0.25) is 0 Å². The summed E-state index contributed by atoms with van der Waals surface area (Å²) in [5.41, 5.74) is 6.39.